The molecular formula is C26H22N4O. The Kier molecular flexibility index (Phi) is 5.63. The van der Waals surface area contributed by atoms with Gasteiger partial charge in [0.2, 0.25) is 0 Å². The van der Waals surface area contributed by atoms with Crippen molar-refractivity contribution >= 4 is 23.0 Å². The number of nitriles is 1. The number of rotatable bonds is 5. The highest BCUT2D eigenvalue weighted by molar-refractivity contribution is 6.02. The highest BCUT2D eigenvalue weighted by Crippen LogP contribution is 2.25. The number of nitrogens with one attached hydrogen (secondary N) is 1. The van der Waals surface area contributed by atoms with Gasteiger partial charge in [-0.15, -0.1) is 0 Å². The van der Waals surface area contributed by atoms with E-state index >= 15 is 0 Å². The van der Waals surface area contributed by atoms with E-state index in [1.807, 2.05) is 62.4 Å². The van der Waals surface area contributed by atoms with E-state index < -0.39 is 0 Å². The molecule has 1 aromatic heterocycles. The van der Waals surface area contributed by atoms with Crippen LogP contribution in [-0.2, 0) is 6.54 Å². The average molecular weight is 406 g/mol. The summed E-state index contributed by atoms with van der Waals surface area (Å²) in [5.74, 6) is -0.232. The normalized spacial score (nSPS) is 11.0. The van der Waals surface area contributed by atoms with Gasteiger partial charge in [0.25, 0.3) is 5.91 Å². The minimum Gasteiger partial charge on any atom is -0.340 e. The minimum atomic E-state index is -0.232. The Bertz CT molecular complexity index is 1340. The van der Waals surface area contributed by atoms with Crippen molar-refractivity contribution in [1.29, 1.82) is 5.26 Å². The summed E-state index contributed by atoms with van der Waals surface area (Å²) in [6, 6.07) is 25.4. The molecule has 1 heterocycles. The summed E-state index contributed by atoms with van der Waals surface area (Å²) in [6.07, 6.45) is 1.70. The topological polar surface area (TPSA) is 70.2 Å². The quantitative estimate of drug-likeness (QED) is 0.377. The van der Waals surface area contributed by atoms with Crippen molar-refractivity contribution in [1.82, 2.24) is 9.99 Å². The maximum Gasteiger partial charge on any atom is 0.271 e. The van der Waals surface area contributed by atoms with Crippen LogP contribution in [0.4, 0.5) is 0 Å². The third-order valence-corrected chi connectivity index (χ3v) is 5.43. The van der Waals surface area contributed by atoms with Crippen LogP contribution in [0.3, 0.4) is 0 Å². The number of hydrazone groups is 1. The zero-order valence-corrected chi connectivity index (χ0v) is 17.5. The Hall–Kier alpha value is -4.17. The Labute approximate surface area is 181 Å². The molecule has 0 aliphatic rings. The summed E-state index contributed by atoms with van der Waals surface area (Å²) >= 11 is 0. The highest BCUT2D eigenvalue weighted by Gasteiger charge is 2.13. The summed E-state index contributed by atoms with van der Waals surface area (Å²) in [4.78, 5) is 12.5. The third kappa shape index (κ3) is 4.10. The van der Waals surface area contributed by atoms with E-state index in [9.17, 15) is 10.1 Å². The molecule has 0 aliphatic heterocycles. The SMILES string of the molecule is Cc1ccccc1C(=O)N/N=C/c1c(C)n(Cc2cccc(C#N)c2)c2ccccc12. The third-order valence-electron chi connectivity index (χ3n) is 5.43. The van der Waals surface area contributed by atoms with Gasteiger partial charge >= 0.3 is 0 Å². The molecule has 4 aromatic rings. The van der Waals surface area contributed by atoms with E-state index in [1.54, 1.807) is 18.3 Å². The molecule has 0 spiro atoms. The van der Waals surface area contributed by atoms with Crippen LogP contribution in [0.5, 0.6) is 0 Å². The Morgan fingerprint density at radius 2 is 1.84 bits per heavy atom. The van der Waals surface area contributed by atoms with Gasteiger partial charge in [-0.05, 0) is 49.2 Å². The first kappa shape index (κ1) is 20.1. The van der Waals surface area contributed by atoms with Crippen LogP contribution in [0.25, 0.3) is 10.9 Å². The number of fused-ring (bicyclic) bond motifs is 1. The average Bonchev–Trinajstić information content (AvgIpc) is 3.05. The van der Waals surface area contributed by atoms with Gasteiger partial charge in [0.1, 0.15) is 0 Å². The number of nitrogens with zero attached hydrogens (tertiary/aromatic N) is 3. The smallest absolute Gasteiger partial charge is 0.271 e. The number of hydrogen-bond donors (Lipinski definition) is 1. The lowest BCUT2D eigenvalue weighted by atomic mass is 10.1. The van der Waals surface area contributed by atoms with Crippen molar-refractivity contribution in [2.75, 3.05) is 0 Å². The molecule has 0 saturated carbocycles. The second kappa shape index (κ2) is 8.68. The summed E-state index contributed by atoms with van der Waals surface area (Å²) in [5.41, 5.74) is 8.93. The van der Waals surface area contributed by atoms with Gasteiger partial charge in [0.15, 0.2) is 0 Å². The predicted octanol–water partition coefficient (Wildman–Crippen LogP) is 4.94. The van der Waals surface area contributed by atoms with Crippen molar-refractivity contribution in [2.24, 2.45) is 5.10 Å². The predicted molar refractivity (Wildman–Crippen MR) is 123 cm³/mol. The van der Waals surface area contributed by atoms with Crippen LogP contribution in [-0.4, -0.2) is 16.7 Å². The molecule has 5 heteroatoms. The lowest BCUT2D eigenvalue weighted by Crippen LogP contribution is -2.18. The molecule has 5 nitrogen and oxygen atoms in total. The molecule has 0 atom stereocenters. The van der Waals surface area contributed by atoms with Gasteiger partial charge in [0.05, 0.1) is 17.8 Å². The number of aromatic nitrogens is 1. The number of carbonyl (C=O) groups excluding carboxylic acids is 1. The maximum atomic E-state index is 12.5. The second-order valence-corrected chi connectivity index (χ2v) is 7.43. The fourth-order valence-electron chi connectivity index (χ4n) is 3.79. The Morgan fingerprint density at radius 1 is 1.06 bits per heavy atom. The van der Waals surface area contributed by atoms with Crippen LogP contribution >= 0.6 is 0 Å². The molecule has 0 bridgehead atoms. The monoisotopic (exact) mass is 406 g/mol. The molecular weight excluding hydrogens is 384 g/mol. The number of benzene rings is 3. The fraction of sp³-hybridized carbons (Fsp3) is 0.115. The van der Waals surface area contributed by atoms with E-state index in [1.165, 1.54) is 0 Å². The van der Waals surface area contributed by atoms with Crippen molar-refractivity contribution in [2.45, 2.75) is 20.4 Å². The second-order valence-electron chi connectivity index (χ2n) is 7.43. The Balaban J connectivity index is 1.65. The first-order valence-electron chi connectivity index (χ1n) is 10.0. The van der Waals surface area contributed by atoms with Crippen molar-refractivity contribution in [3.8, 4) is 6.07 Å². The van der Waals surface area contributed by atoms with E-state index in [2.05, 4.69) is 33.3 Å². The zero-order chi connectivity index (χ0) is 21.8. The van der Waals surface area contributed by atoms with Crippen LogP contribution in [0.1, 0.15) is 38.3 Å². The molecule has 4 rings (SSSR count). The molecule has 0 fully saturated rings. The molecule has 0 unspecified atom stereocenters. The molecule has 152 valence electrons. The van der Waals surface area contributed by atoms with E-state index in [4.69, 9.17) is 0 Å². The number of aryl methyl sites for hydroxylation is 1. The molecule has 1 amide bonds. The first-order chi connectivity index (χ1) is 15.1. The zero-order valence-electron chi connectivity index (χ0n) is 17.5. The number of para-hydroxylation sites is 1. The van der Waals surface area contributed by atoms with Crippen molar-refractivity contribution in [3.05, 3.63) is 106 Å². The summed E-state index contributed by atoms with van der Waals surface area (Å²) < 4.78 is 2.20. The molecule has 3 aromatic carbocycles. The van der Waals surface area contributed by atoms with Crippen molar-refractivity contribution < 1.29 is 4.79 Å². The molecule has 31 heavy (non-hydrogen) atoms. The molecule has 0 radical (unpaired) electrons. The molecule has 0 saturated heterocycles. The van der Waals surface area contributed by atoms with E-state index in [0.29, 0.717) is 17.7 Å². The summed E-state index contributed by atoms with van der Waals surface area (Å²) in [6.45, 7) is 4.58. The van der Waals surface area contributed by atoms with Crippen molar-refractivity contribution in [3.63, 3.8) is 0 Å². The van der Waals surface area contributed by atoms with Gasteiger partial charge in [-0.25, -0.2) is 5.43 Å². The van der Waals surface area contributed by atoms with Gasteiger partial charge in [-0.2, -0.15) is 10.4 Å². The highest BCUT2D eigenvalue weighted by atomic mass is 16.2. The van der Waals surface area contributed by atoms with Crippen LogP contribution < -0.4 is 5.43 Å². The van der Waals surface area contributed by atoms with Gasteiger partial charge in [-0.1, -0.05) is 48.5 Å². The standard InChI is InChI=1S/C26H22N4O/c1-18-8-3-4-11-22(18)26(31)29-28-16-24-19(2)30(25-13-6-5-12-23(24)25)17-21-10-7-9-20(14-21)15-27/h3-14,16H,17H2,1-2H3,(H,29,31)/b28-16+. The van der Waals surface area contributed by atoms with Crippen LogP contribution in [0.15, 0.2) is 77.9 Å². The lowest BCUT2D eigenvalue weighted by molar-refractivity contribution is 0.0954. The van der Waals surface area contributed by atoms with Gasteiger partial charge in [0, 0.05) is 34.3 Å². The largest absolute Gasteiger partial charge is 0.340 e. The molecule has 0 aliphatic carbocycles. The molecule has 1 N–H and O–H groups in total. The maximum absolute atomic E-state index is 12.5. The number of amides is 1. The van der Waals surface area contributed by atoms with Gasteiger partial charge in [-0.3, -0.25) is 4.79 Å². The lowest BCUT2D eigenvalue weighted by Gasteiger charge is -2.09. The van der Waals surface area contributed by atoms with E-state index in [-0.39, 0.29) is 5.91 Å². The number of carbonyl (C=O) groups is 1. The van der Waals surface area contributed by atoms with E-state index in [0.717, 1.165) is 33.3 Å². The minimum absolute atomic E-state index is 0.232. The fourth-order valence-corrected chi connectivity index (χ4v) is 3.79. The summed E-state index contributed by atoms with van der Waals surface area (Å²) in [7, 11) is 0. The van der Waals surface area contributed by atoms with Gasteiger partial charge < -0.3 is 4.57 Å². The Morgan fingerprint density at radius 3 is 2.65 bits per heavy atom. The summed E-state index contributed by atoms with van der Waals surface area (Å²) in [5, 5.41) is 14.5. The first-order valence-corrected chi connectivity index (χ1v) is 10.0. The van der Waals surface area contributed by atoms with Crippen LogP contribution in [0, 0.1) is 25.2 Å². The number of hydrogen-bond acceptors (Lipinski definition) is 3. The van der Waals surface area contributed by atoms with Crippen LogP contribution in [0.2, 0.25) is 0 Å².